The van der Waals surface area contributed by atoms with Crippen LogP contribution in [-0.4, -0.2) is 138 Å². The molecule has 0 saturated carbocycles. The van der Waals surface area contributed by atoms with Crippen LogP contribution in [0.5, 0.6) is 0 Å². The second-order valence-corrected chi connectivity index (χ2v) is 16.8. The largest absolute Gasteiger partial charge is 0.479 e. The normalized spacial score (nSPS) is 29.5. The minimum Gasteiger partial charge on any atom is -0.479 e. The number of carboxylic acid groups (broad SMARTS) is 1. The lowest BCUT2D eigenvalue weighted by molar-refractivity contribution is -0.304. The first-order valence-corrected chi connectivity index (χ1v) is 16.9. The molecule has 0 aromatic carbocycles. The van der Waals surface area contributed by atoms with Crippen LogP contribution in [0.1, 0.15) is 83.1 Å². The summed E-state index contributed by atoms with van der Waals surface area (Å²) in [4.78, 5) is 75.1. The maximum atomic E-state index is 13.1. The molecule has 306 valence electrons. The summed E-state index contributed by atoms with van der Waals surface area (Å²) in [6, 6.07) is 0. The molecular weight excluding hydrogens is 708 g/mol. The van der Waals surface area contributed by atoms with Gasteiger partial charge in [-0.3, -0.25) is 19.2 Å². The van der Waals surface area contributed by atoms with E-state index in [1.807, 2.05) is 0 Å². The van der Waals surface area contributed by atoms with Crippen molar-refractivity contribution in [3.8, 4) is 0 Å². The Labute approximate surface area is 309 Å². The molecule has 0 radical (unpaired) electrons. The summed E-state index contributed by atoms with van der Waals surface area (Å²) in [6.45, 7) is 19.1. The second kappa shape index (κ2) is 18.4. The Bertz CT molecular complexity index is 1300. The van der Waals surface area contributed by atoms with Crippen molar-refractivity contribution in [2.45, 2.75) is 144 Å². The standard InChI is InChI=1S/C28H46O11.C7H12O7/c1-25(2,3)15(29)14-35-21-19(39-24(33)28(10,11)12)17(38-23(32)27(7,8)9)16(18(36-21)20(30)34-13)37-22(31)26(4,5)6;1-13-7-4(10)2(8)3(9)5(14-7)6(11)12/h16-19,21H,14H2,1-13H3;2-5,7-10H,1H3,(H,11,12). The number of esters is 4. The van der Waals surface area contributed by atoms with Crippen LogP contribution in [0.4, 0.5) is 0 Å². The maximum absolute atomic E-state index is 13.1. The molecular formula is C35H58O18. The van der Waals surface area contributed by atoms with Gasteiger partial charge in [0.2, 0.25) is 0 Å². The lowest BCUT2D eigenvalue weighted by Crippen LogP contribution is -2.65. The predicted molar refractivity (Wildman–Crippen MR) is 180 cm³/mol. The zero-order valence-electron chi connectivity index (χ0n) is 33.0. The second-order valence-electron chi connectivity index (χ2n) is 16.8. The van der Waals surface area contributed by atoms with Crippen LogP contribution in [0.3, 0.4) is 0 Å². The molecule has 18 nitrogen and oxygen atoms in total. The monoisotopic (exact) mass is 766 g/mol. The zero-order valence-corrected chi connectivity index (χ0v) is 33.0. The van der Waals surface area contributed by atoms with Crippen LogP contribution in [0, 0.1) is 21.7 Å². The van der Waals surface area contributed by atoms with E-state index in [2.05, 4.69) is 4.74 Å². The summed E-state index contributed by atoms with van der Waals surface area (Å²) in [7, 11) is 2.30. The number of hydrogen-bond donors (Lipinski definition) is 4. The molecule has 0 spiro atoms. The molecule has 2 aliphatic rings. The molecule has 0 aliphatic carbocycles. The van der Waals surface area contributed by atoms with Gasteiger partial charge in [0.1, 0.15) is 24.9 Å². The lowest BCUT2D eigenvalue weighted by atomic mass is 9.91. The first kappa shape index (κ1) is 47.8. The fourth-order valence-corrected chi connectivity index (χ4v) is 4.16. The van der Waals surface area contributed by atoms with E-state index >= 15 is 0 Å². The van der Waals surface area contributed by atoms with E-state index in [0.29, 0.717) is 0 Å². The molecule has 2 aliphatic heterocycles. The van der Waals surface area contributed by atoms with Crippen molar-refractivity contribution in [2.75, 3.05) is 20.8 Å². The molecule has 4 N–H and O–H groups in total. The van der Waals surface area contributed by atoms with Gasteiger partial charge in [-0.05, 0) is 62.3 Å². The number of aliphatic carboxylic acids is 1. The minimum atomic E-state index is -1.67. The number of carboxylic acids is 1. The molecule has 53 heavy (non-hydrogen) atoms. The highest BCUT2D eigenvalue weighted by molar-refractivity contribution is 5.85. The van der Waals surface area contributed by atoms with Gasteiger partial charge in [-0.2, -0.15) is 0 Å². The number of carbonyl (C=O) groups is 6. The van der Waals surface area contributed by atoms with Gasteiger partial charge in [-0.15, -0.1) is 0 Å². The third-order valence-corrected chi connectivity index (χ3v) is 7.76. The van der Waals surface area contributed by atoms with Crippen LogP contribution >= 0.6 is 0 Å². The van der Waals surface area contributed by atoms with Gasteiger partial charge in [0.05, 0.1) is 23.4 Å². The SMILES string of the molecule is COC(=O)C1OC(OCC(=O)C(C)(C)C)C(OC(=O)C(C)(C)C)C(OC(=O)C(C)(C)C)C1OC(=O)C(C)(C)C.COC1OC(C(=O)O)C(O)C(O)C1O. The van der Waals surface area contributed by atoms with Gasteiger partial charge in [0.15, 0.2) is 48.9 Å². The van der Waals surface area contributed by atoms with Crippen molar-refractivity contribution in [1.29, 1.82) is 0 Å². The highest BCUT2D eigenvalue weighted by Gasteiger charge is 2.57. The van der Waals surface area contributed by atoms with E-state index in [1.54, 1.807) is 83.1 Å². The van der Waals surface area contributed by atoms with Crippen molar-refractivity contribution in [2.24, 2.45) is 21.7 Å². The Kier molecular flexibility index (Phi) is 16.6. The molecule has 2 rings (SSSR count). The Morgan fingerprint density at radius 3 is 1.34 bits per heavy atom. The number of ketones is 1. The summed E-state index contributed by atoms with van der Waals surface area (Å²) < 4.78 is 43.0. The van der Waals surface area contributed by atoms with Crippen LogP contribution in [0.2, 0.25) is 0 Å². The summed E-state index contributed by atoms with van der Waals surface area (Å²) >= 11 is 0. The van der Waals surface area contributed by atoms with Gasteiger partial charge < -0.3 is 58.3 Å². The third-order valence-electron chi connectivity index (χ3n) is 7.76. The Balaban J connectivity index is 0.000000833. The molecule has 0 aromatic rings. The van der Waals surface area contributed by atoms with E-state index in [0.717, 1.165) is 7.11 Å². The first-order valence-electron chi connectivity index (χ1n) is 16.9. The number of carbonyl (C=O) groups excluding carboxylic acids is 5. The van der Waals surface area contributed by atoms with Crippen LogP contribution < -0.4 is 0 Å². The van der Waals surface area contributed by atoms with Gasteiger partial charge >= 0.3 is 29.8 Å². The first-order chi connectivity index (χ1) is 23.9. The van der Waals surface area contributed by atoms with Crippen LogP contribution in [0.25, 0.3) is 0 Å². The minimum absolute atomic E-state index is 0.300. The zero-order chi connectivity index (χ0) is 41.6. The van der Waals surface area contributed by atoms with Gasteiger partial charge in [0, 0.05) is 12.5 Å². The average Bonchev–Trinajstić information content (AvgIpc) is 3.02. The molecule has 10 atom stereocenters. The highest BCUT2D eigenvalue weighted by atomic mass is 16.7. The third kappa shape index (κ3) is 13.2. The van der Waals surface area contributed by atoms with E-state index < -0.39 is 120 Å². The quantitative estimate of drug-likeness (QED) is 0.188. The van der Waals surface area contributed by atoms with Crippen molar-refractivity contribution in [3.63, 3.8) is 0 Å². The number of hydrogen-bond acceptors (Lipinski definition) is 17. The van der Waals surface area contributed by atoms with Gasteiger partial charge in [-0.25, -0.2) is 9.59 Å². The maximum Gasteiger partial charge on any atom is 0.339 e. The molecule has 0 bridgehead atoms. The average molecular weight is 767 g/mol. The molecule has 2 fully saturated rings. The van der Waals surface area contributed by atoms with Gasteiger partial charge in [-0.1, -0.05) is 20.8 Å². The van der Waals surface area contributed by atoms with Crippen molar-refractivity contribution in [1.82, 2.24) is 0 Å². The molecule has 10 unspecified atom stereocenters. The highest BCUT2D eigenvalue weighted by Crippen LogP contribution is 2.35. The number of rotatable bonds is 9. The molecule has 2 heterocycles. The van der Waals surface area contributed by atoms with E-state index in [1.165, 1.54) is 7.11 Å². The predicted octanol–water partition coefficient (Wildman–Crippen LogP) is 0.915. The topological polar surface area (TPSA) is 257 Å². The fraction of sp³-hybridized carbons (Fsp3) is 0.829. The van der Waals surface area contributed by atoms with E-state index in [4.69, 9.17) is 38.3 Å². The lowest BCUT2D eigenvalue weighted by Gasteiger charge is -2.45. The van der Waals surface area contributed by atoms with Crippen molar-refractivity contribution < 1.29 is 87.1 Å². The number of Topliss-reactive ketones (excluding diaryl/α,β-unsaturated/α-hetero) is 1. The fourth-order valence-electron chi connectivity index (χ4n) is 4.16. The van der Waals surface area contributed by atoms with Gasteiger partial charge in [0.25, 0.3) is 0 Å². The van der Waals surface area contributed by atoms with Crippen LogP contribution in [0.15, 0.2) is 0 Å². The molecule has 0 amide bonds. The summed E-state index contributed by atoms with van der Waals surface area (Å²) in [5, 5.41) is 36.3. The number of aliphatic hydroxyl groups is 3. The molecule has 18 heteroatoms. The Hall–Kier alpha value is -3.26. The van der Waals surface area contributed by atoms with Crippen molar-refractivity contribution >= 4 is 35.6 Å². The van der Waals surface area contributed by atoms with Crippen LogP contribution in [-0.2, 0) is 66.7 Å². The van der Waals surface area contributed by atoms with E-state index in [-0.39, 0.29) is 5.78 Å². The summed E-state index contributed by atoms with van der Waals surface area (Å²) in [5.41, 5.74) is -3.80. The number of aliphatic hydroxyl groups excluding tert-OH is 3. The summed E-state index contributed by atoms with van der Waals surface area (Å²) in [6.07, 6.45) is -15.4. The number of ether oxygens (including phenoxy) is 8. The molecule has 2 saturated heterocycles. The summed E-state index contributed by atoms with van der Waals surface area (Å²) in [5.74, 6) is -4.84. The Morgan fingerprint density at radius 2 is 0.962 bits per heavy atom. The Morgan fingerprint density at radius 1 is 0.547 bits per heavy atom. The van der Waals surface area contributed by atoms with E-state index in [9.17, 15) is 44.1 Å². The number of methoxy groups -OCH3 is 2. The molecule has 0 aromatic heterocycles. The smallest absolute Gasteiger partial charge is 0.339 e. The van der Waals surface area contributed by atoms with Crippen molar-refractivity contribution in [3.05, 3.63) is 0 Å².